The lowest BCUT2D eigenvalue weighted by molar-refractivity contribution is -0.137. The fourth-order valence-corrected chi connectivity index (χ4v) is 2.14. The minimum Gasteiger partial charge on any atom is -0.351 e. The van der Waals surface area contributed by atoms with Gasteiger partial charge in [-0.3, -0.25) is 15.1 Å². The van der Waals surface area contributed by atoms with Crippen molar-refractivity contribution in [3.8, 4) is 0 Å². The summed E-state index contributed by atoms with van der Waals surface area (Å²) in [7, 11) is 0. The van der Waals surface area contributed by atoms with Crippen molar-refractivity contribution in [2.24, 2.45) is 11.6 Å². The molecule has 0 aromatic heterocycles. The molecule has 0 aliphatic rings. The number of primary amides is 1. The summed E-state index contributed by atoms with van der Waals surface area (Å²) in [6, 6.07) is 8.74. The van der Waals surface area contributed by atoms with Gasteiger partial charge >= 0.3 is 12.2 Å². The van der Waals surface area contributed by atoms with Crippen LogP contribution in [-0.4, -0.2) is 11.9 Å². The van der Waals surface area contributed by atoms with Crippen molar-refractivity contribution in [3.63, 3.8) is 0 Å². The van der Waals surface area contributed by atoms with E-state index < -0.39 is 23.7 Å². The third-order valence-corrected chi connectivity index (χ3v) is 3.17. The summed E-state index contributed by atoms with van der Waals surface area (Å²) in [5.41, 5.74) is 6.13. The fraction of sp³-hybridized carbons (Fsp3) is 0.0667. The Morgan fingerprint density at radius 3 is 2.29 bits per heavy atom. The van der Waals surface area contributed by atoms with Crippen LogP contribution in [-0.2, 0) is 6.18 Å². The van der Waals surface area contributed by atoms with Crippen LogP contribution in [0, 0.1) is 0 Å². The standard InChI is InChI=1S/C15H13F3N4O2/c16-15(17,18)9-4-3-5-10(8-9)22(14(19)24)12-7-2-1-6-11(12)13(23)21-20/h1-8H,20H2,(H2,19,24)(H,21,23). The second-order valence-corrected chi connectivity index (χ2v) is 4.71. The minimum atomic E-state index is -4.59. The molecule has 0 heterocycles. The Kier molecular flexibility index (Phi) is 4.74. The van der Waals surface area contributed by atoms with Crippen molar-refractivity contribution in [1.29, 1.82) is 0 Å². The molecule has 0 bridgehead atoms. The SMILES string of the molecule is NNC(=O)c1ccccc1N(C(N)=O)c1cccc(C(F)(F)F)c1. The number of anilines is 2. The number of halogens is 3. The first-order valence-corrected chi connectivity index (χ1v) is 6.62. The molecule has 0 atom stereocenters. The highest BCUT2D eigenvalue weighted by Crippen LogP contribution is 2.34. The summed E-state index contributed by atoms with van der Waals surface area (Å²) < 4.78 is 38.6. The van der Waals surface area contributed by atoms with E-state index in [0.717, 1.165) is 23.1 Å². The van der Waals surface area contributed by atoms with Gasteiger partial charge in [0.2, 0.25) is 0 Å². The number of hydrogen-bond acceptors (Lipinski definition) is 3. The van der Waals surface area contributed by atoms with Gasteiger partial charge in [-0.05, 0) is 30.3 Å². The Morgan fingerprint density at radius 1 is 1.04 bits per heavy atom. The quantitative estimate of drug-likeness (QED) is 0.455. The first-order chi connectivity index (χ1) is 11.3. The Hall–Kier alpha value is -3.07. The van der Waals surface area contributed by atoms with E-state index in [1.165, 1.54) is 30.3 Å². The van der Waals surface area contributed by atoms with E-state index in [9.17, 15) is 22.8 Å². The maximum absolute atomic E-state index is 12.9. The number of nitrogens with zero attached hydrogens (tertiary/aromatic N) is 1. The summed E-state index contributed by atoms with van der Waals surface area (Å²) >= 11 is 0. The first kappa shape index (κ1) is 17.3. The molecule has 24 heavy (non-hydrogen) atoms. The van der Waals surface area contributed by atoms with Crippen molar-refractivity contribution in [2.75, 3.05) is 4.90 Å². The van der Waals surface area contributed by atoms with Gasteiger partial charge in [-0.15, -0.1) is 0 Å². The van der Waals surface area contributed by atoms with E-state index >= 15 is 0 Å². The zero-order valence-electron chi connectivity index (χ0n) is 12.2. The number of alkyl halides is 3. The van der Waals surface area contributed by atoms with Crippen LogP contribution in [0.2, 0.25) is 0 Å². The number of urea groups is 1. The van der Waals surface area contributed by atoms with Crippen molar-refractivity contribution in [1.82, 2.24) is 5.43 Å². The molecule has 0 spiro atoms. The number of carbonyl (C=O) groups excluding carboxylic acids is 2. The van der Waals surface area contributed by atoms with Crippen molar-refractivity contribution in [3.05, 3.63) is 59.7 Å². The number of nitrogens with two attached hydrogens (primary N) is 2. The molecule has 0 saturated heterocycles. The largest absolute Gasteiger partial charge is 0.416 e. The second kappa shape index (κ2) is 6.59. The van der Waals surface area contributed by atoms with Gasteiger partial charge in [0, 0.05) is 0 Å². The molecular formula is C15H13F3N4O2. The van der Waals surface area contributed by atoms with Crippen LogP contribution in [0.15, 0.2) is 48.5 Å². The molecule has 2 aromatic rings. The third kappa shape index (κ3) is 3.46. The van der Waals surface area contributed by atoms with Crippen LogP contribution in [0.4, 0.5) is 29.3 Å². The Morgan fingerprint density at radius 2 is 1.71 bits per heavy atom. The van der Waals surface area contributed by atoms with Crippen LogP contribution >= 0.6 is 0 Å². The lowest BCUT2D eigenvalue weighted by atomic mass is 10.1. The molecule has 126 valence electrons. The number of hydrazine groups is 1. The Balaban J connectivity index is 2.61. The third-order valence-electron chi connectivity index (χ3n) is 3.17. The van der Waals surface area contributed by atoms with Crippen molar-refractivity contribution < 1.29 is 22.8 Å². The number of nitrogen functional groups attached to an aromatic ring is 1. The van der Waals surface area contributed by atoms with E-state index in [0.29, 0.717) is 0 Å². The average molecular weight is 338 g/mol. The first-order valence-electron chi connectivity index (χ1n) is 6.62. The molecule has 0 aliphatic heterocycles. The van der Waals surface area contributed by atoms with Crippen LogP contribution in [0.1, 0.15) is 15.9 Å². The number of para-hydroxylation sites is 1. The highest BCUT2D eigenvalue weighted by molar-refractivity contribution is 6.07. The summed E-state index contributed by atoms with van der Waals surface area (Å²) in [5.74, 6) is 4.37. The maximum Gasteiger partial charge on any atom is 0.416 e. The molecule has 9 heteroatoms. The number of benzene rings is 2. The topological polar surface area (TPSA) is 101 Å². The Bertz CT molecular complexity index is 777. The number of carbonyl (C=O) groups is 2. The molecule has 5 N–H and O–H groups in total. The summed E-state index contributed by atoms with van der Waals surface area (Å²) in [5, 5.41) is 0. The number of amides is 3. The van der Waals surface area contributed by atoms with Crippen LogP contribution in [0.5, 0.6) is 0 Å². The molecule has 0 radical (unpaired) electrons. The van der Waals surface area contributed by atoms with Gasteiger partial charge in [-0.1, -0.05) is 18.2 Å². The molecule has 2 rings (SSSR count). The summed E-state index contributed by atoms with van der Waals surface area (Å²) in [4.78, 5) is 24.5. The number of nitrogens with one attached hydrogen (secondary N) is 1. The molecule has 2 aromatic carbocycles. The molecule has 3 amide bonds. The lowest BCUT2D eigenvalue weighted by Crippen LogP contribution is -2.35. The Labute approximate surface area is 134 Å². The van der Waals surface area contributed by atoms with Crippen molar-refractivity contribution >= 4 is 23.3 Å². The zero-order chi connectivity index (χ0) is 17.9. The molecular weight excluding hydrogens is 325 g/mol. The van der Waals surface area contributed by atoms with E-state index in [2.05, 4.69) is 0 Å². The van der Waals surface area contributed by atoms with Gasteiger partial charge in [0.15, 0.2) is 0 Å². The van der Waals surface area contributed by atoms with E-state index in [-0.39, 0.29) is 16.9 Å². The summed E-state index contributed by atoms with van der Waals surface area (Å²) in [6.45, 7) is 0. The molecule has 0 unspecified atom stereocenters. The molecule has 0 fully saturated rings. The van der Waals surface area contributed by atoms with Crippen LogP contribution in [0.25, 0.3) is 0 Å². The molecule has 0 aliphatic carbocycles. The van der Waals surface area contributed by atoms with E-state index in [1.807, 2.05) is 5.43 Å². The normalized spacial score (nSPS) is 11.0. The lowest BCUT2D eigenvalue weighted by Gasteiger charge is -2.23. The van der Waals surface area contributed by atoms with Gasteiger partial charge in [0.05, 0.1) is 22.5 Å². The van der Waals surface area contributed by atoms with Crippen LogP contribution in [0.3, 0.4) is 0 Å². The molecule has 6 nitrogen and oxygen atoms in total. The van der Waals surface area contributed by atoms with Gasteiger partial charge in [0.25, 0.3) is 5.91 Å². The number of rotatable bonds is 3. The van der Waals surface area contributed by atoms with Gasteiger partial charge in [0.1, 0.15) is 0 Å². The summed E-state index contributed by atoms with van der Waals surface area (Å²) in [6.07, 6.45) is -4.59. The monoisotopic (exact) mass is 338 g/mol. The highest BCUT2D eigenvalue weighted by Gasteiger charge is 2.31. The highest BCUT2D eigenvalue weighted by atomic mass is 19.4. The fourth-order valence-electron chi connectivity index (χ4n) is 2.14. The zero-order valence-corrected chi connectivity index (χ0v) is 12.2. The predicted molar refractivity (Wildman–Crippen MR) is 81.3 cm³/mol. The van der Waals surface area contributed by atoms with Gasteiger partial charge in [-0.25, -0.2) is 10.6 Å². The van der Waals surface area contributed by atoms with Gasteiger partial charge < -0.3 is 5.73 Å². The second-order valence-electron chi connectivity index (χ2n) is 4.71. The smallest absolute Gasteiger partial charge is 0.351 e. The average Bonchev–Trinajstić information content (AvgIpc) is 2.54. The van der Waals surface area contributed by atoms with E-state index in [4.69, 9.17) is 11.6 Å². The van der Waals surface area contributed by atoms with Crippen molar-refractivity contribution in [2.45, 2.75) is 6.18 Å². The maximum atomic E-state index is 12.9. The minimum absolute atomic E-state index is 0.00674. The van der Waals surface area contributed by atoms with Crippen LogP contribution < -0.4 is 21.9 Å². The van der Waals surface area contributed by atoms with Gasteiger partial charge in [-0.2, -0.15) is 13.2 Å². The number of hydrogen-bond donors (Lipinski definition) is 3. The van der Waals surface area contributed by atoms with E-state index in [1.54, 1.807) is 0 Å². The predicted octanol–water partition coefficient (Wildman–Crippen LogP) is 2.53. The molecule has 0 saturated carbocycles.